The van der Waals surface area contributed by atoms with Gasteiger partial charge in [-0.05, 0) is 78.1 Å². The van der Waals surface area contributed by atoms with E-state index in [0.29, 0.717) is 33.0 Å². The van der Waals surface area contributed by atoms with E-state index in [1.165, 1.54) is 16.2 Å². The standard InChI is InChI=1S/C18H16BrN3O2S2/c1-2-24-14-7-6-10(8-13(14)19)16(23)21-18(25)22-17-12(9-20)11-4-3-5-15(11)26-17/h6-8H,2-5H2,1H3,(H2,21,22,23,25). The summed E-state index contributed by atoms with van der Waals surface area (Å²) in [6, 6.07) is 7.34. The summed E-state index contributed by atoms with van der Waals surface area (Å²) in [5, 5.41) is 15.9. The van der Waals surface area contributed by atoms with Gasteiger partial charge in [0.05, 0.1) is 16.6 Å². The maximum absolute atomic E-state index is 12.4. The van der Waals surface area contributed by atoms with Crippen molar-refractivity contribution >= 4 is 55.5 Å². The van der Waals surface area contributed by atoms with Gasteiger partial charge in [-0.15, -0.1) is 11.3 Å². The molecule has 134 valence electrons. The summed E-state index contributed by atoms with van der Waals surface area (Å²) in [7, 11) is 0. The van der Waals surface area contributed by atoms with Crippen molar-refractivity contribution in [3.8, 4) is 11.8 Å². The van der Waals surface area contributed by atoms with E-state index in [-0.39, 0.29) is 11.0 Å². The number of amides is 1. The van der Waals surface area contributed by atoms with Crippen molar-refractivity contribution in [2.24, 2.45) is 0 Å². The minimum atomic E-state index is -0.325. The van der Waals surface area contributed by atoms with Gasteiger partial charge in [0.2, 0.25) is 0 Å². The maximum Gasteiger partial charge on any atom is 0.257 e. The fourth-order valence-electron chi connectivity index (χ4n) is 2.83. The van der Waals surface area contributed by atoms with Crippen LogP contribution in [0.25, 0.3) is 0 Å². The fraction of sp³-hybridized carbons (Fsp3) is 0.278. The summed E-state index contributed by atoms with van der Waals surface area (Å²) >= 11 is 10.2. The molecule has 1 aromatic carbocycles. The smallest absolute Gasteiger partial charge is 0.257 e. The highest BCUT2D eigenvalue weighted by Gasteiger charge is 2.22. The molecule has 0 fully saturated rings. The van der Waals surface area contributed by atoms with Crippen molar-refractivity contribution in [2.45, 2.75) is 26.2 Å². The third-order valence-electron chi connectivity index (χ3n) is 3.98. The molecule has 8 heteroatoms. The molecule has 2 aromatic rings. The average molecular weight is 450 g/mol. The molecule has 0 unspecified atom stereocenters. The van der Waals surface area contributed by atoms with Crippen LogP contribution in [0.4, 0.5) is 5.00 Å². The maximum atomic E-state index is 12.4. The molecule has 26 heavy (non-hydrogen) atoms. The van der Waals surface area contributed by atoms with Crippen LogP contribution in [0.3, 0.4) is 0 Å². The first-order valence-electron chi connectivity index (χ1n) is 8.12. The lowest BCUT2D eigenvalue weighted by molar-refractivity contribution is 0.0977. The van der Waals surface area contributed by atoms with Crippen LogP contribution in [-0.2, 0) is 12.8 Å². The van der Waals surface area contributed by atoms with Crippen LogP contribution in [0.1, 0.15) is 39.7 Å². The van der Waals surface area contributed by atoms with Crippen LogP contribution < -0.4 is 15.4 Å². The van der Waals surface area contributed by atoms with E-state index in [2.05, 4.69) is 32.6 Å². The van der Waals surface area contributed by atoms with E-state index in [0.717, 1.165) is 24.8 Å². The van der Waals surface area contributed by atoms with E-state index in [1.807, 2.05) is 6.92 Å². The van der Waals surface area contributed by atoms with Crippen molar-refractivity contribution < 1.29 is 9.53 Å². The van der Waals surface area contributed by atoms with E-state index in [9.17, 15) is 10.1 Å². The predicted octanol–water partition coefficient (Wildman–Crippen LogP) is 4.40. The van der Waals surface area contributed by atoms with Gasteiger partial charge in [-0.2, -0.15) is 5.26 Å². The second-order valence-electron chi connectivity index (χ2n) is 5.66. The van der Waals surface area contributed by atoms with Crippen molar-refractivity contribution in [1.29, 1.82) is 5.26 Å². The monoisotopic (exact) mass is 449 g/mol. The number of carbonyl (C=O) groups excluding carboxylic acids is 1. The lowest BCUT2D eigenvalue weighted by Crippen LogP contribution is -2.34. The second kappa shape index (κ2) is 8.16. The van der Waals surface area contributed by atoms with Gasteiger partial charge in [0.1, 0.15) is 16.8 Å². The number of ether oxygens (including phenoxy) is 1. The van der Waals surface area contributed by atoms with Crippen molar-refractivity contribution in [2.75, 3.05) is 11.9 Å². The SMILES string of the molecule is CCOc1ccc(C(=O)NC(=S)Nc2sc3c(c2C#N)CCC3)cc1Br. The van der Waals surface area contributed by atoms with E-state index in [4.69, 9.17) is 17.0 Å². The highest BCUT2D eigenvalue weighted by Crippen LogP contribution is 2.38. The Balaban J connectivity index is 1.68. The molecule has 0 saturated heterocycles. The summed E-state index contributed by atoms with van der Waals surface area (Å²) < 4.78 is 6.14. The number of nitriles is 1. The molecular weight excluding hydrogens is 434 g/mol. The number of fused-ring (bicyclic) bond motifs is 1. The number of thiocarbonyl (C=S) groups is 1. The summed E-state index contributed by atoms with van der Waals surface area (Å²) in [5.41, 5.74) is 2.21. The first kappa shape index (κ1) is 18.8. The molecule has 0 atom stereocenters. The first-order valence-corrected chi connectivity index (χ1v) is 10.1. The minimum Gasteiger partial charge on any atom is -0.493 e. The number of rotatable bonds is 4. The van der Waals surface area contributed by atoms with Gasteiger partial charge in [-0.3, -0.25) is 10.1 Å². The molecule has 0 bridgehead atoms. The van der Waals surface area contributed by atoms with Crippen LogP contribution in [0, 0.1) is 11.3 Å². The first-order chi connectivity index (χ1) is 12.5. The minimum absolute atomic E-state index is 0.177. The molecule has 0 spiro atoms. The molecule has 1 aromatic heterocycles. The Morgan fingerprint density at radius 3 is 2.96 bits per heavy atom. The van der Waals surface area contributed by atoms with Gasteiger partial charge < -0.3 is 10.1 Å². The molecule has 0 saturated carbocycles. The molecule has 1 heterocycles. The molecule has 3 rings (SSSR count). The van der Waals surface area contributed by atoms with Crippen LogP contribution in [0.2, 0.25) is 0 Å². The average Bonchev–Trinajstić information content (AvgIpc) is 3.17. The molecular formula is C18H16BrN3O2S2. The Morgan fingerprint density at radius 2 is 2.27 bits per heavy atom. The Kier molecular flexibility index (Phi) is 5.91. The van der Waals surface area contributed by atoms with E-state index >= 15 is 0 Å². The Bertz CT molecular complexity index is 918. The van der Waals surface area contributed by atoms with E-state index < -0.39 is 0 Å². The Labute approximate surface area is 169 Å². The lowest BCUT2D eigenvalue weighted by atomic mass is 10.1. The van der Waals surface area contributed by atoms with Gasteiger partial charge in [-0.25, -0.2) is 0 Å². The van der Waals surface area contributed by atoms with Crippen LogP contribution in [-0.4, -0.2) is 17.6 Å². The molecule has 1 aliphatic carbocycles. The highest BCUT2D eigenvalue weighted by molar-refractivity contribution is 9.10. The molecule has 5 nitrogen and oxygen atoms in total. The topological polar surface area (TPSA) is 74.2 Å². The Morgan fingerprint density at radius 1 is 1.46 bits per heavy atom. The quantitative estimate of drug-likeness (QED) is 0.676. The van der Waals surface area contributed by atoms with E-state index in [1.54, 1.807) is 18.2 Å². The molecule has 0 aliphatic heterocycles. The predicted molar refractivity (Wildman–Crippen MR) is 110 cm³/mol. The number of benzene rings is 1. The Hall–Kier alpha value is -1.95. The van der Waals surface area contributed by atoms with Gasteiger partial charge >= 0.3 is 0 Å². The molecule has 0 radical (unpaired) electrons. The van der Waals surface area contributed by atoms with Crippen LogP contribution in [0.15, 0.2) is 22.7 Å². The van der Waals surface area contributed by atoms with Crippen LogP contribution in [0.5, 0.6) is 5.75 Å². The van der Waals surface area contributed by atoms with Crippen molar-refractivity contribution in [3.63, 3.8) is 0 Å². The zero-order chi connectivity index (χ0) is 18.7. The molecule has 2 N–H and O–H groups in total. The second-order valence-corrected chi connectivity index (χ2v) is 8.03. The number of nitrogens with one attached hydrogen (secondary N) is 2. The molecule has 1 aliphatic rings. The van der Waals surface area contributed by atoms with Crippen molar-refractivity contribution in [1.82, 2.24) is 5.32 Å². The summed E-state index contributed by atoms with van der Waals surface area (Å²) in [5.74, 6) is 0.352. The normalized spacial score (nSPS) is 12.2. The summed E-state index contributed by atoms with van der Waals surface area (Å²) in [6.07, 6.45) is 3.01. The number of hydrogen-bond acceptors (Lipinski definition) is 5. The number of anilines is 1. The fourth-order valence-corrected chi connectivity index (χ4v) is 4.83. The number of aryl methyl sites for hydroxylation is 1. The van der Waals surface area contributed by atoms with Gasteiger partial charge in [0.15, 0.2) is 5.11 Å². The lowest BCUT2D eigenvalue weighted by Gasteiger charge is -2.10. The van der Waals surface area contributed by atoms with Gasteiger partial charge in [0, 0.05) is 10.4 Å². The number of carbonyl (C=O) groups is 1. The highest BCUT2D eigenvalue weighted by atomic mass is 79.9. The van der Waals surface area contributed by atoms with Gasteiger partial charge in [0.25, 0.3) is 5.91 Å². The number of nitrogens with zero attached hydrogens (tertiary/aromatic N) is 1. The zero-order valence-corrected chi connectivity index (χ0v) is 17.2. The zero-order valence-electron chi connectivity index (χ0n) is 14.0. The number of thiophene rings is 1. The van der Waals surface area contributed by atoms with Gasteiger partial charge in [-0.1, -0.05) is 0 Å². The van der Waals surface area contributed by atoms with Crippen LogP contribution >= 0.6 is 39.5 Å². The van der Waals surface area contributed by atoms with Crippen molar-refractivity contribution in [3.05, 3.63) is 44.2 Å². The third kappa shape index (κ3) is 3.90. The number of hydrogen-bond donors (Lipinski definition) is 2. The third-order valence-corrected chi connectivity index (χ3v) is 6.01. The molecule has 1 amide bonds. The largest absolute Gasteiger partial charge is 0.493 e. The number of halogens is 1. The summed E-state index contributed by atoms with van der Waals surface area (Å²) in [4.78, 5) is 13.6. The summed E-state index contributed by atoms with van der Waals surface area (Å²) in [6.45, 7) is 2.44.